The highest BCUT2D eigenvalue weighted by Crippen LogP contribution is 2.17. The molecule has 2 N–H and O–H groups in total. The fourth-order valence-electron chi connectivity index (χ4n) is 2.22. The highest BCUT2D eigenvalue weighted by Gasteiger charge is 2.06. The Kier molecular flexibility index (Phi) is 4.77. The van der Waals surface area contributed by atoms with Crippen LogP contribution in [0, 0.1) is 0 Å². The molecule has 0 unspecified atom stereocenters. The third kappa shape index (κ3) is 4.14. The van der Waals surface area contributed by atoms with E-state index in [1.54, 1.807) is 30.3 Å². The molecule has 4 nitrogen and oxygen atoms in total. The fourth-order valence-corrected chi connectivity index (χ4v) is 2.22. The minimum atomic E-state index is -0.226. The van der Waals surface area contributed by atoms with Gasteiger partial charge in [-0.1, -0.05) is 36.4 Å². The molecule has 3 rings (SSSR count). The monoisotopic (exact) mass is 319 g/mol. The maximum Gasteiger partial charge on any atom is 0.255 e. The number of phenolic OH excluding ortho intramolecular Hbond substituents is 1. The summed E-state index contributed by atoms with van der Waals surface area (Å²) in [5, 5.41) is 12.2. The van der Waals surface area contributed by atoms with Gasteiger partial charge in [-0.05, 0) is 42.0 Å². The van der Waals surface area contributed by atoms with Gasteiger partial charge in [0.15, 0.2) is 0 Å². The van der Waals surface area contributed by atoms with Crippen LogP contribution < -0.4 is 10.1 Å². The average molecular weight is 319 g/mol. The van der Waals surface area contributed by atoms with Crippen molar-refractivity contribution in [3.8, 4) is 11.5 Å². The van der Waals surface area contributed by atoms with Crippen molar-refractivity contribution in [1.29, 1.82) is 0 Å². The van der Waals surface area contributed by atoms with Crippen molar-refractivity contribution in [3.63, 3.8) is 0 Å². The van der Waals surface area contributed by atoms with E-state index in [2.05, 4.69) is 5.32 Å². The lowest BCUT2D eigenvalue weighted by Crippen LogP contribution is -2.11. The molecule has 0 saturated carbocycles. The molecule has 24 heavy (non-hydrogen) atoms. The van der Waals surface area contributed by atoms with Gasteiger partial charge in [0, 0.05) is 17.3 Å². The first kappa shape index (κ1) is 15.6. The van der Waals surface area contributed by atoms with Gasteiger partial charge < -0.3 is 15.2 Å². The topological polar surface area (TPSA) is 58.6 Å². The third-order valence-corrected chi connectivity index (χ3v) is 3.47. The molecule has 0 heterocycles. The largest absolute Gasteiger partial charge is 0.508 e. The maximum absolute atomic E-state index is 12.2. The normalized spacial score (nSPS) is 10.2. The van der Waals surface area contributed by atoms with E-state index in [-0.39, 0.29) is 11.7 Å². The number of benzene rings is 3. The first-order valence-corrected chi connectivity index (χ1v) is 7.58. The number of hydrogen-bond donors (Lipinski definition) is 2. The van der Waals surface area contributed by atoms with E-state index in [1.807, 2.05) is 42.5 Å². The van der Waals surface area contributed by atoms with Crippen LogP contribution in [-0.4, -0.2) is 11.0 Å². The number of aromatic hydroxyl groups is 1. The summed E-state index contributed by atoms with van der Waals surface area (Å²) < 4.78 is 5.67. The summed E-state index contributed by atoms with van der Waals surface area (Å²) in [5.41, 5.74) is 2.08. The number of carbonyl (C=O) groups is 1. The van der Waals surface area contributed by atoms with Crippen LogP contribution in [0.2, 0.25) is 0 Å². The summed E-state index contributed by atoms with van der Waals surface area (Å²) in [5.74, 6) is 0.695. The van der Waals surface area contributed by atoms with Crippen LogP contribution in [-0.2, 0) is 6.61 Å². The zero-order chi connectivity index (χ0) is 16.8. The second-order valence-corrected chi connectivity index (χ2v) is 5.30. The molecule has 0 spiro atoms. The summed E-state index contributed by atoms with van der Waals surface area (Å²) in [6.45, 7) is 0.443. The lowest BCUT2D eigenvalue weighted by molar-refractivity contribution is 0.102. The van der Waals surface area contributed by atoms with Gasteiger partial charge in [-0.25, -0.2) is 0 Å². The molecule has 0 aliphatic carbocycles. The Hall–Kier alpha value is -3.27. The predicted octanol–water partition coefficient (Wildman–Crippen LogP) is 4.22. The summed E-state index contributed by atoms with van der Waals surface area (Å²) >= 11 is 0. The number of phenols is 1. The minimum absolute atomic E-state index is 0.112. The molecular formula is C20H17NO3. The maximum atomic E-state index is 12.2. The number of ether oxygens (including phenoxy) is 1. The quantitative estimate of drug-likeness (QED) is 0.740. The SMILES string of the molecule is O=C(Nc1cccc(O)c1)c1ccc(COc2ccccc2)cc1. The molecule has 0 atom stereocenters. The number of carbonyl (C=O) groups excluding carboxylic acids is 1. The molecule has 0 aromatic heterocycles. The Labute approximate surface area is 140 Å². The van der Waals surface area contributed by atoms with Gasteiger partial charge in [-0.3, -0.25) is 4.79 Å². The van der Waals surface area contributed by atoms with E-state index in [4.69, 9.17) is 4.74 Å². The molecule has 0 fully saturated rings. The molecule has 120 valence electrons. The van der Waals surface area contributed by atoms with E-state index in [9.17, 15) is 9.90 Å². The van der Waals surface area contributed by atoms with Crippen LogP contribution in [0.15, 0.2) is 78.9 Å². The van der Waals surface area contributed by atoms with Crippen LogP contribution in [0.4, 0.5) is 5.69 Å². The van der Waals surface area contributed by atoms with Crippen LogP contribution in [0.1, 0.15) is 15.9 Å². The molecule has 1 amide bonds. The second-order valence-electron chi connectivity index (χ2n) is 5.30. The molecule has 3 aromatic carbocycles. The number of hydrogen-bond acceptors (Lipinski definition) is 3. The van der Waals surface area contributed by atoms with E-state index in [1.165, 1.54) is 6.07 Å². The molecule has 0 saturated heterocycles. The van der Waals surface area contributed by atoms with E-state index in [0.29, 0.717) is 17.9 Å². The molecule has 0 aliphatic heterocycles. The minimum Gasteiger partial charge on any atom is -0.508 e. The summed E-state index contributed by atoms with van der Waals surface area (Å²) in [7, 11) is 0. The van der Waals surface area contributed by atoms with Gasteiger partial charge >= 0.3 is 0 Å². The molecule has 0 aliphatic rings. The van der Waals surface area contributed by atoms with Crippen molar-refractivity contribution in [2.24, 2.45) is 0 Å². The van der Waals surface area contributed by atoms with Crippen LogP contribution in [0.3, 0.4) is 0 Å². The van der Waals surface area contributed by atoms with Crippen molar-refractivity contribution in [2.45, 2.75) is 6.61 Å². The summed E-state index contributed by atoms with van der Waals surface area (Å²) in [6, 6.07) is 23.3. The van der Waals surface area contributed by atoms with Gasteiger partial charge in [0.25, 0.3) is 5.91 Å². The van der Waals surface area contributed by atoms with Crippen molar-refractivity contribution in [3.05, 3.63) is 90.0 Å². The Morgan fingerprint density at radius 2 is 1.67 bits per heavy atom. The van der Waals surface area contributed by atoms with Crippen LogP contribution in [0.5, 0.6) is 11.5 Å². The zero-order valence-corrected chi connectivity index (χ0v) is 13.0. The van der Waals surface area contributed by atoms with Crippen LogP contribution in [0.25, 0.3) is 0 Å². The lowest BCUT2D eigenvalue weighted by atomic mass is 10.1. The number of rotatable bonds is 5. The Morgan fingerprint density at radius 3 is 2.38 bits per heavy atom. The van der Waals surface area contributed by atoms with Crippen molar-refractivity contribution < 1.29 is 14.6 Å². The zero-order valence-electron chi connectivity index (χ0n) is 13.0. The molecule has 0 radical (unpaired) electrons. The molecular weight excluding hydrogens is 302 g/mol. The predicted molar refractivity (Wildman–Crippen MR) is 93.3 cm³/mol. The van der Waals surface area contributed by atoms with Crippen molar-refractivity contribution in [1.82, 2.24) is 0 Å². The highest BCUT2D eigenvalue weighted by atomic mass is 16.5. The van der Waals surface area contributed by atoms with Crippen molar-refractivity contribution in [2.75, 3.05) is 5.32 Å². The summed E-state index contributed by atoms with van der Waals surface area (Å²) in [6.07, 6.45) is 0. The molecule has 0 bridgehead atoms. The van der Waals surface area contributed by atoms with E-state index < -0.39 is 0 Å². The van der Waals surface area contributed by atoms with Gasteiger partial charge in [0.2, 0.25) is 0 Å². The van der Waals surface area contributed by atoms with Gasteiger partial charge in [-0.15, -0.1) is 0 Å². The fraction of sp³-hybridized carbons (Fsp3) is 0.0500. The Balaban J connectivity index is 1.60. The van der Waals surface area contributed by atoms with Gasteiger partial charge in [-0.2, -0.15) is 0 Å². The molecule has 4 heteroatoms. The first-order valence-electron chi connectivity index (χ1n) is 7.58. The number of para-hydroxylation sites is 1. The second kappa shape index (κ2) is 7.33. The first-order chi connectivity index (χ1) is 11.7. The Morgan fingerprint density at radius 1 is 0.917 bits per heavy atom. The van der Waals surface area contributed by atoms with Crippen molar-refractivity contribution >= 4 is 11.6 Å². The Bertz CT molecular complexity index is 814. The van der Waals surface area contributed by atoms with Crippen LogP contribution >= 0.6 is 0 Å². The van der Waals surface area contributed by atoms with Gasteiger partial charge in [0.05, 0.1) is 0 Å². The summed E-state index contributed by atoms with van der Waals surface area (Å²) in [4.78, 5) is 12.2. The molecule has 3 aromatic rings. The van der Waals surface area contributed by atoms with E-state index >= 15 is 0 Å². The third-order valence-electron chi connectivity index (χ3n) is 3.47. The number of amides is 1. The highest BCUT2D eigenvalue weighted by molar-refractivity contribution is 6.04. The van der Waals surface area contributed by atoms with Gasteiger partial charge in [0.1, 0.15) is 18.1 Å². The average Bonchev–Trinajstić information content (AvgIpc) is 2.61. The lowest BCUT2D eigenvalue weighted by Gasteiger charge is -2.08. The smallest absolute Gasteiger partial charge is 0.255 e. The standard InChI is InChI=1S/C20H17NO3/c22-18-6-4-5-17(13-18)21-20(23)16-11-9-15(10-12-16)14-24-19-7-2-1-3-8-19/h1-13,22H,14H2,(H,21,23). The number of anilines is 1. The van der Waals surface area contributed by atoms with E-state index in [0.717, 1.165) is 11.3 Å². The number of nitrogens with one attached hydrogen (secondary N) is 1.